The van der Waals surface area contributed by atoms with Crippen molar-refractivity contribution in [3.63, 3.8) is 0 Å². The zero-order chi connectivity index (χ0) is 18.2. The monoisotopic (exact) mass is 343 g/mol. The number of amides is 1. The summed E-state index contributed by atoms with van der Waals surface area (Å²) in [5.41, 5.74) is 2.25. The van der Waals surface area contributed by atoms with Gasteiger partial charge in [-0.15, -0.1) is 0 Å². The second-order valence-electron chi connectivity index (χ2n) is 5.69. The third-order valence-electron chi connectivity index (χ3n) is 3.67. The number of methoxy groups -OCH3 is 1. The van der Waals surface area contributed by atoms with Crippen molar-refractivity contribution in [3.8, 4) is 5.75 Å². The average Bonchev–Trinajstić information content (AvgIpc) is 2.60. The normalized spacial score (nSPS) is 11.4. The Morgan fingerprint density at radius 3 is 2.48 bits per heavy atom. The number of hydrogen-bond donors (Lipinski definition) is 2. The van der Waals surface area contributed by atoms with E-state index >= 15 is 0 Å². The van der Waals surface area contributed by atoms with Gasteiger partial charge < -0.3 is 14.6 Å². The number of hydrogen-bond acceptors (Lipinski definition) is 4. The van der Waals surface area contributed by atoms with Gasteiger partial charge in [0.15, 0.2) is 0 Å². The largest absolute Gasteiger partial charge is 0.497 e. The van der Waals surface area contributed by atoms with Gasteiger partial charge in [-0.1, -0.05) is 31.2 Å². The van der Waals surface area contributed by atoms with Crippen molar-refractivity contribution < 1.29 is 24.2 Å². The Kier molecular flexibility index (Phi) is 6.39. The number of carbonyl (C=O) groups is 2. The van der Waals surface area contributed by atoms with E-state index in [-0.39, 0.29) is 6.61 Å². The van der Waals surface area contributed by atoms with Crippen LogP contribution in [0.5, 0.6) is 5.75 Å². The molecule has 1 atom stereocenters. The van der Waals surface area contributed by atoms with Crippen LogP contribution in [-0.4, -0.2) is 24.3 Å². The minimum absolute atomic E-state index is 0.144. The van der Waals surface area contributed by atoms with Gasteiger partial charge >= 0.3 is 12.1 Å². The van der Waals surface area contributed by atoms with Crippen LogP contribution in [0.1, 0.15) is 18.1 Å². The van der Waals surface area contributed by atoms with E-state index in [0.29, 0.717) is 12.1 Å². The van der Waals surface area contributed by atoms with Gasteiger partial charge in [0, 0.05) is 5.69 Å². The number of benzene rings is 2. The Hall–Kier alpha value is -3.02. The highest BCUT2D eigenvalue weighted by Crippen LogP contribution is 2.16. The van der Waals surface area contributed by atoms with E-state index in [2.05, 4.69) is 5.32 Å². The molecule has 25 heavy (non-hydrogen) atoms. The number of rotatable bonds is 7. The lowest BCUT2D eigenvalue weighted by molar-refractivity contribution is -0.141. The van der Waals surface area contributed by atoms with E-state index in [9.17, 15) is 9.59 Å². The highest BCUT2D eigenvalue weighted by Gasteiger charge is 2.12. The van der Waals surface area contributed by atoms with Crippen LogP contribution in [0.15, 0.2) is 48.5 Å². The van der Waals surface area contributed by atoms with Crippen LogP contribution in [0, 0.1) is 5.92 Å². The molecule has 132 valence electrons. The number of carboxylic acids is 1. The fraction of sp³-hybridized carbons (Fsp3) is 0.263. The molecule has 6 nitrogen and oxygen atoms in total. The van der Waals surface area contributed by atoms with E-state index in [1.165, 1.54) is 0 Å². The molecule has 2 aromatic carbocycles. The maximum absolute atomic E-state index is 11.9. The molecule has 0 aliphatic carbocycles. The molecule has 2 aromatic rings. The number of carboxylic acid groups (broad SMARTS) is 1. The Balaban J connectivity index is 1.88. The summed E-state index contributed by atoms with van der Waals surface area (Å²) in [7, 11) is 1.59. The van der Waals surface area contributed by atoms with Crippen LogP contribution in [-0.2, 0) is 22.6 Å². The Morgan fingerprint density at radius 2 is 1.84 bits per heavy atom. The maximum atomic E-state index is 11.9. The third kappa shape index (κ3) is 5.84. The van der Waals surface area contributed by atoms with E-state index in [0.717, 1.165) is 16.9 Å². The third-order valence-corrected chi connectivity index (χ3v) is 3.67. The maximum Gasteiger partial charge on any atom is 0.411 e. The fourth-order valence-electron chi connectivity index (χ4n) is 2.24. The Bertz CT molecular complexity index is 727. The molecule has 0 unspecified atom stereocenters. The highest BCUT2D eigenvalue weighted by molar-refractivity contribution is 5.84. The standard InChI is InChI=1S/C19H21NO5/c1-13(18(21)22)10-15-4-3-5-16(11-15)20-19(23)25-12-14-6-8-17(24-2)9-7-14/h3-9,11,13H,10,12H2,1-2H3,(H,20,23)(H,21,22)/t13-/m0/s1. The topological polar surface area (TPSA) is 84.9 Å². The molecule has 0 aliphatic rings. The van der Waals surface area contributed by atoms with E-state index in [1.807, 2.05) is 18.2 Å². The molecule has 0 fully saturated rings. The zero-order valence-electron chi connectivity index (χ0n) is 14.2. The number of ether oxygens (including phenoxy) is 2. The summed E-state index contributed by atoms with van der Waals surface area (Å²) < 4.78 is 10.2. The molecule has 0 bridgehead atoms. The second kappa shape index (κ2) is 8.73. The molecule has 0 saturated heterocycles. The van der Waals surface area contributed by atoms with Crippen LogP contribution in [0.4, 0.5) is 10.5 Å². The highest BCUT2D eigenvalue weighted by atomic mass is 16.5. The van der Waals surface area contributed by atoms with Crippen molar-refractivity contribution in [1.29, 1.82) is 0 Å². The molecule has 0 spiro atoms. The van der Waals surface area contributed by atoms with Gasteiger partial charge in [0.1, 0.15) is 12.4 Å². The molecular weight excluding hydrogens is 322 g/mol. The molecule has 0 saturated carbocycles. The van der Waals surface area contributed by atoms with Gasteiger partial charge in [-0.05, 0) is 41.8 Å². The van der Waals surface area contributed by atoms with Crippen molar-refractivity contribution in [2.45, 2.75) is 20.0 Å². The van der Waals surface area contributed by atoms with Crippen LogP contribution in [0.2, 0.25) is 0 Å². The van der Waals surface area contributed by atoms with Gasteiger partial charge in [0.05, 0.1) is 13.0 Å². The van der Waals surface area contributed by atoms with Gasteiger partial charge in [0.2, 0.25) is 0 Å². The van der Waals surface area contributed by atoms with Crippen molar-refractivity contribution >= 4 is 17.7 Å². The molecule has 0 radical (unpaired) electrons. The first kappa shape index (κ1) is 18.3. The lowest BCUT2D eigenvalue weighted by Gasteiger charge is -2.10. The number of carbonyl (C=O) groups excluding carboxylic acids is 1. The smallest absolute Gasteiger partial charge is 0.411 e. The van der Waals surface area contributed by atoms with Crippen molar-refractivity contribution in [2.24, 2.45) is 5.92 Å². The minimum atomic E-state index is -0.850. The number of nitrogens with one attached hydrogen (secondary N) is 1. The summed E-state index contributed by atoms with van der Waals surface area (Å²) in [6.07, 6.45) is -0.176. The summed E-state index contributed by atoms with van der Waals surface area (Å²) in [4.78, 5) is 22.8. The van der Waals surface area contributed by atoms with Crippen molar-refractivity contribution in [2.75, 3.05) is 12.4 Å². The molecular formula is C19H21NO5. The quantitative estimate of drug-likeness (QED) is 0.800. The number of aliphatic carboxylic acids is 1. The molecule has 0 aromatic heterocycles. The van der Waals surface area contributed by atoms with E-state index < -0.39 is 18.0 Å². The van der Waals surface area contributed by atoms with Crippen LogP contribution >= 0.6 is 0 Å². The lowest BCUT2D eigenvalue weighted by Crippen LogP contribution is -2.14. The van der Waals surface area contributed by atoms with Gasteiger partial charge in [-0.3, -0.25) is 10.1 Å². The first-order valence-electron chi connectivity index (χ1n) is 7.86. The molecule has 2 rings (SSSR count). The van der Waals surface area contributed by atoms with E-state index in [4.69, 9.17) is 14.6 Å². The SMILES string of the molecule is COc1ccc(COC(=O)Nc2cccc(C[C@H](C)C(=O)O)c2)cc1. The first-order valence-corrected chi connectivity index (χ1v) is 7.86. The molecule has 0 aliphatic heterocycles. The summed E-state index contributed by atoms with van der Waals surface area (Å²) in [5, 5.41) is 11.6. The molecule has 6 heteroatoms. The zero-order valence-corrected chi connectivity index (χ0v) is 14.2. The summed E-state index contributed by atoms with van der Waals surface area (Å²) in [6.45, 7) is 1.79. The molecule has 1 amide bonds. The van der Waals surface area contributed by atoms with Crippen molar-refractivity contribution in [1.82, 2.24) is 0 Å². The lowest BCUT2D eigenvalue weighted by atomic mass is 10.0. The Morgan fingerprint density at radius 1 is 1.12 bits per heavy atom. The molecule has 2 N–H and O–H groups in total. The van der Waals surface area contributed by atoms with Crippen LogP contribution in [0.3, 0.4) is 0 Å². The number of anilines is 1. The predicted octanol–water partition coefficient (Wildman–Crippen LogP) is 3.71. The molecule has 0 heterocycles. The van der Waals surface area contributed by atoms with Gasteiger partial charge in [-0.25, -0.2) is 4.79 Å². The van der Waals surface area contributed by atoms with Crippen LogP contribution in [0.25, 0.3) is 0 Å². The van der Waals surface area contributed by atoms with Gasteiger partial charge in [0.25, 0.3) is 0 Å². The summed E-state index contributed by atoms with van der Waals surface area (Å²) in [6, 6.07) is 14.3. The first-order chi connectivity index (χ1) is 12.0. The van der Waals surface area contributed by atoms with E-state index in [1.54, 1.807) is 44.4 Å². The minimum Gasteiger partial charge on any atom is -0.497 e. The fourth-order valence-corrected chi connectivity index (χ4v) is 2.24. The van der Waals surface area contributed by atoms with Crippen LogP contribution < -0.4 is 10.1 Å². The average molecular weight is 343 g/mol. The predicted molar refractivity (Wildman–Crippen MR) is 93.7 cm³/mol. The summed E-state index contributed by atoms with van der Waals surface area (Å²) in [5.74, 6) is -0.602. The summed E-state index contributed by atoms with van der Waals surface area (Å²) >= 11 is 0. The Labute approximate surface area is 146 Å². The second-order valence-corrected chi connectivity index (χ2v) is 5.69. The van der Waals surface area contributed by atoms with Gasteiger partial charge in [-0.2, -0.15) is 0 Å². The van der Waals surface area contributed by atoms with Crippen molar-refractivity contribution in [3.05, 3.63) is 59.7 Å².